The van der Waals surface area contributed by atoms with E-state index in [0.29, 0.717) is 0 Å². The summed E-state index contributed by atoms with van der Waals surface area (Å²) in [7, 11) is 0. The van der Waals surface area contributed by atoms with Crippen LogP contribution in [0.5, 0.6) is 0 Å². The number of fused-ring (bicyclic) bond motifs is 6. The second-order valence-electron chi connectivity index (χ2n) is 28.2. The normalized spacial score (nSPS) is 17.3. The molecule has 0 amide bonds. The minimum atomic E-state index is -0.0531. The number of hydrogen-bond donors (Lipinski definition) is 0. The molecule has 0 saturated carbocycles. The fraction of sp³-hybridized carbons (Fsp3) is 0.342. The fourth-order valence-electron chi connectivity index (χ4n) is 14.3. The van der Waals surface area contributed by atoms with E-state index in [9.17, 15) is 0 Å². The molecule has 0 aromatic heterocycles. The standard InChI is InChI=1S/C73H80BN3/c1-46-37-65-67-66(38-46)77(62-41-50(69(6,7)8)29-27-47(62)2)63-42-53(75(51-23-19-17-20-24-51)52-25-21-18-22-26-52)31-33-59(63)74(67)60-43-57-58(71(11,12)36-35-70(57,9)10)44-64(60)76(65)61-34-30-49(68(3,4)5)40-54(61)48-28-32-55-56(39-48)73(15,16)45-72(55,13)14/h17-34,37-44H,35-36,45H2,1-16H3. The predicted molar refractivity (Wildman–Crippen MR) is 333 cm³/mol. The molecule has 0 atom stereocenters. The Kier molecular flexibility index (Phi) is 11.5. The highest BCUT2D eigenvalue weighted by Gasteiger charge is 2.48. The summed E-state index contributed by atoms with van der Waals surface area (Å²) in [6.45, 7) is 38.4. The highest BCUT2D eigenvalue weighted by Crippen LogP contribution is 2.55. The molecule has 390 valence electrons. The molecule has 0 saturated heterocycles. The Bertz CT molecular complexity index is 3630. The molecule has 3 nitrogen and oxygen atoms in total. The van der Waals surface area contributed by atoms with Gasteiger partial charge in [0, 0.05) is 51.1 Å². The van der Waals surface area contributed by atoms with Gasteiger partial charge in [0.1, 0.15) is 0 Å². The Balaban J connectivity index is 1.20. The first kappa shape index (κ1) is 51.0. The largest absolute Gasteiger partial charge is 0.311 e. The lowest BCUT2D eigenvalue weighted by Gasteiger charge is -2.48. The van der Waals surface area contributed by atoms with Crippen molar-refractivity contribution in [3.63, 3.8) is 0 Å². The van der Waals surface area contributed by atoms with E-state index in [1.165, 1.54) is 106 Å². The molecular weight excluding hydrogens is 930 g/mol. The van der Waals surface area contributed by atoms with E-state index in [1.54, 1.807) is 0 Å². The Morgan fingerprint density at radius 1 is 0.416 bits per heavy atom. The number of para-hydroxylation sites is 2. The fourth-order valence-corrected chi connectivity index (χ4v) is 14.3. The molecule has 4 aliphatic rings. The third-order valence-electron chi connectivity index (χ3n) is 18.5. The van der Waals surface area contributed by atoms with Gasteiger partial charge in [0.2, 0.25) is 0 Å². The number of benzene rings is 8. The van der Waals surface area contributed by atoms with Crippen LogP contribution in [0.3, 0.4) is 0 Å². The molecule has 0 unspecified atom stereocenters. The van der Waals surface area contributed by atoms with Crippen LogP contribution in [0.2, 0.25) is 0 Å². The molecule has 0 bridgehead atoms. The van der Waals surface area contributed by atoms with Crippen molar-refractivity contribution in [1.82, 2.24) is 0 Å². The van der Waals surface area contributed by atoms with Crippen molar-refractivity contribution in [3.05, 3.63) is 202 Å². The first-order valence-corrected chi connectivity index (χ1v) is 28.6. The quantitative estimate of drug-likeness (QED) is 0.154. The van der Waals surface area contributed by atoms with Crippen LogP contribution >= 0.6 is 0 Å². The maximum absolute atomic E-state index is 2.72. The van der Waals surface area contributed by atoms with Crippen molar-refractivity contribution < 1.29 is 0 Å². The minimum Gasteiger partial charge on any atom is -0.311 e. The summed E-state index contributed by atoms with van der Waals surface area (Å²) in [5, 5.41) is 0. The van der Waals surface area contributed by atoms with Gasteiger partial charge in [0.25, 0.3) is 6.71 Å². The molecule has 77 heavy (non-hydrogen) atoms. The van der Waals surface area contributed by atoms with E-state index in [2.05, 4.69) is 283 Å². The molecule has 2 heterocycles. The molecule has 2 aliphatic carbocycles. The number of hydrogen-bond acceptors (Lipinski definition) is 3. The number of aryl methyl sites for hydroxylation is 2. The predicted octanol–water partition coefficient (Wildman–Crippen LogP) is 18.4. The Labute approximate surface area is 462 Å². The van der Waals surface area contributed by atoms with Gasteiger partial charge in [-0.3, -0.25) is 0 Å². The van der Waals surface area contributed by atoms with Crippen molar-refractivity contribution in [2.45, 2.75) is 163 Å². The molecule has 0 radical (unpaired) electrons. The van der Waals surface area contributed by atoms with Gasteiger partial charge in [-0.25, -0.2) is 0 Å². The number of anilines is 9. The van der Waals surface area contributed by atoms with Crippen LogP contribution in [0, 0.1) is 13.8 Å². The summed E-state index contributed by atoms with van der Waals surface area (Å²) in [5.74, 6) is 0. The zero-order valence-electron chi connectivity index (χ0n) is 49.1. The topological polar surface area (TPSA) is 9.72 Å². The van der Waals surface area contributed by atoms with Gasteiger partial charge in [-0.15, -0.1) is 0 Å². The number of rotatable bonds is 6. The monoisotopic (exact) mass is 1010 g/mol. The van der Waals surface area contributed by atoms with Gasteiger partial charge in [-0.1, -0.05) is 182 Å². The summed E-state index contributed by atoms with van der Waals surface area (Å²) < 4.78 is 0. The lowest BCUT2D eigenvalue weighted by molar-refractivity contribution is 0.332. The molecule has 2 aliphatic heterocycles. The van der Waals surface area contributed by atoms with Gasteiger partial charge >= 0.3 is 0 Å². The zero-order chi connectivity index (χ0) is 54.5. The molecular formula is C73H80BN3. The van der Waals surface area contributed by atoms with E-state index in [1.807, 2.05) is 0 Å². The minimum absolute atomic E-state index is 0.00495. The second-order valence-corrected chi connectivity index (χ2v) is 28.2. The van der Waals surface area contributed by atoms with E-state index >= 15 is 0 Å². The van der Waals surface area contributed by atoms with Crippen molar-refractivity contribution in [3.8, 4) is 11.1 Å². The molecule has 8 aromatic rings. The molecule has 0 fully saturated rings. The van der Waals surface area contributed by atoms with Gasteiger partial charge in [0.05, 0.1) is 5.69 Å². The third kappa shape index (κ3) is 8.29. The molecule has 0 N–H and O–H groups in total. The highest BCUT2D eigenvalue weighted by molar-refractivity contribution is 7.00. The maximum Gasteiger partial charge on any atom is 0.252 e. The SMILES string of the molecule is Cc1cc2c3c(c1)N(c1ccc(C(C)(C)C)cc1-c1ccc4c(c1)C(C)(C)CC4(C)C)c1cc4c(cc1B3c1ccc(N(c3ccccc3)c3ccccc3)cc1N2c1cc(C(C)(C)C)ccc1C)C(C)(C)CCC4(C)C. The Morgan fingerprint density at radius 2 is 0.948 bits per heavy atom. The molecule has 4 heteroatoms. The lowest BCUT2D eigenvalue weighted by Crippen LogP contribution is -2.62. The second kappa shape index (κ2) is 17.4. The third-order valence-corrected chi connectivity index (χ3v) is 18.5. The van der Waals surface area contributed by atoms with Gasteiger partial charge in [-0.05, 0) is 205 Å². The molecule has 0 spiro atoms. The van der Waals surface area contributed by atoms with Crippen LogP contribution in [-0.4, -0.2) is 6.71 Å². The summed E-state index contributed by atoms with van der Waals surface area (Å²) >= 11 is 0. The highest BCUT2D eigenvalue weighted by atomic mass is 15.2. The summed E-state index contributed by atoms with van der Waals surface area (Å²) in [4.78, 5) is 7.81. The first-order valence-electron chi connectivity index (χ1n) is 28.6. The maximum atomic E-state index is 2.72. The van der Waals surface area contributed by atoms with Crippen molar-refractivity contribution in [2.75, 3.05) is 14.7 Å². The summed E-state index contributed by atoms with van der Waals surface area (Å²) in [6.07, 6.45) is 3.43. The van der Waals surface area contributed by atoms with Crippen LogP contribution in [0.15, 0.2) is 158 Å². The van der Waals surface area contributed by atoms with Crippen LogP contribution in [0.1, 0.15) is 161 Å². The van der Waals surface area contributed by atoms with Crippen LogP contribution in [0.4, 0.5) is 51.2 Å². The van der Waals surface area contributed by atoms with E-state index in [-0.39, 0.29) is 39.2 Å². The van der Waals surface area contributed by atoms with Gasteiger partial charge in [0.15, 0.2) is 0 Å². The van der Waals surface area contributed by atoms with Crippen LogP contribution in [0.25, 0.3) is 11.1 Å². The van der Waals surface area contributed by atoms with Crippen LogP contribution < -0.4 is 31.1 Å². The molecule has 8 aromatic carbocycles. The van der Waals surface area contributed by atoms with Crippen molar-refractivity contribution >= 4 is 74.3 Å². The van der Waals surface area contributed by atoms with Gasteiger partial charge < -0.3 is 14.7 Å². The number of nitrogens with zero attached hydrogens (tertiary/aromatic N) is 3. The average Bonchev–Trinajstić information content (AvgIpc) is 3.65. The first-order chi connectivity index (χ1) is 36.2. The zero-order valence-corrected chi connectivity index (χ0v) is 49.1. The smallest absolute Gasteiger partial charge is 0.252 e. The van der Waals surface area contributed by atoms with Crippen LogP contribution in [-0.2, 0) is 32.5 Å². The Hall–Kier alpha value is -6.78. The van der Waals surface area contributed by atoms with E-state index < -0.39 is 0 Å². The lowest BCUT2D eigenvalue weighted by atomic mass is 9.33. The average molecular weight is 1010 g/mol. The summed E-state index contributed by atoms with van der Waals surface area (Å²) in [6, 6.07) is 61.6. The van der Waals surface area contributed by atoms with E-state index in [0.717, 1.165) is 36.3 Å². The molecule has 12 rings (SSSR count). The van der Waals surface area contributed by atoms with E-state index in [4.69, 9.17) is 0 Å². The summed E-state index contributed by atoms with van der Waals surface area (Å²) in [5.41, 5.74) is 28.7. The van der Waals surface area contributed by atoms with Crippen molar-refractivity contribution in [1.29, 1.82) is 0 Å². The Morgan fingerprint density at radius 3 is 1.56 bits per heavy atom. The van der Waals surface area contributed by atoms with Gasteiger partial charge in [-0.2, -0.15) is 0 Å². The van der Waals surface area contributed by atoms with Crippen molar-refractivity contribution in [2.24, 2.45) is 0 Å².